The first-order valence-electron chi connectivity index (χ1n) is 13.9. The lowest BCUT2D eigenvalue weighted by molar-refractivity contribution is 0.464. The summed E-state index contributed by atoms with van der Waals surface area (Å²) in [6.07, 6.45) is 1.71. The predicted octanol–water partition coefficient (Wildman–Crippen LogP) is 5.18. The molecule has 0 radical (unpaired) electrons. The molecule has 0 aliphatic carbocycles. The van der Waals surface area contributed by atoms with Crippen molar-refractivity contribution in [3.63, 3.8) is 0 Å². The number of fused-ring (bicyclic) bond motifs is 8. The minimum absolute atomic E-state index is 0.0904. The molecular formula is C34H40N6. The monoisotopic (exact) mass is 532 g/mol. The van der Waals surface area contributed by atoms with Gasteiger partial charge in [-0.05, 0) is 64.6 Å². The van der Waals surface area contributed by atoms with Crippen LogP contribution in [0.15, 0.2) is 36.4 Å². The van der Waals surface area contributed by atoms with Gasteiger partial charge in [-0.15, -0.1) is 0 Å². The van der Waals surface area contributed by atoms with E-state index in [1.807, 2.05) is 28.2 Å². The van der Waals surface area contributed by atoms with E-state index in [0.717, 1.165) is 68.8 Å². The van der Waals surface area contributed by atoms with Crippen molar-refractivity contribution in [2.45, 2.75) is 51.4 Å². The summed E-state index contributed by atoms with van der Waals surface area (Å²) in [6.45, 7) is 10.4. The van der Waals surface area contributed by atoms with Gasteiger partial charge in [-0.3, -0.25) is 19.8 Å². The first-order chi connectivity index (χ1) is 18.9. The number of nitrogens with one attached hydrogen (secondary N) is 2. The lowest BCUT2D eigenvalue weighted by Gasteiger charge is -2.15. The van der Waals surface area contributed by atoms with Crippen molar-refractivity contribution in [3.8, 4) is 23.7 Å². The third kappa shape index (κ3) is 6.15. The molecule has 0 spiro atoms. The van der Waals surface area contributed by atoms with E-state index in [1.54, 1.807) is 0 Å². The van der Waals surface area contributed by atoms with Gasteiger partial charge < -0.3 is 9.97 Å². The molecule has 0 atom stereocenters. The molecule has 6 heteroatoms. The molecule has 3 aromatic heterocycles. The molecule has 6 nitrogen and oxygen atoms in total. The first-order valence-corrected chi connectivity index (χ1v) is 13.9. The van der Waals surface area contributed by atoms with E-state index in [2.05, 4.69) is 108 Å². The summed E-state index contributed by atoms with van der Waals surface area (Å²) in [4.78, 5) is 21.6. The highest BCUT2D eigenvalue weighted by Gasteiger charge is 2.30. The van der Waals surface area contributed by atoms with Crippen LogP contribution in [0.4, 0.5) is 0 Å². The zero-order chi connectivity index (χ0) is 28.7. The normalized spacial score (nSPS) is 15.4. The Morgan fingerprint density at radius 2 is 1.05 bits per heavy atom. The molecule has 206 valence electrons. The van der Waals surface area contributed by atoms with Gasteiger partial charge in [-0.1, -0.05) is 51.4 Å². The maximum atomic E-state index is 5.10. The summed E-state index contributed by atoms with van der Waals surface area (Å²) in [6, 6.07) is 12.9. The predicted molar refractivity (Wildman–Crippen MR) is 165 cm³/mol. The largest absolute Gasteiger partial charge is 0.354 e. The lowest BCUT2D eigenvalue weighted by Crippen LogP contribution is -2.15. The van der Waals surface area contributed by atoms with Gasteiger partial charge in [0, 0.05) is 57.5 Å². The molecule has 2 N–H and O–H groups in total. The van der Waals surface area contributed by atoms with Crippen molar-refractivity contribution >= 4 is 22.1 Å². The van der Waals surface area contributed by atoms with Gasteiger partial charge in [0.1, 0.15) is 0 Å². The molecule has 0 saturated heterocycles. The van der Waals surface area contributed by atoms with Crippen molar-refractivity contribution in [1.82, 2.24) is 29.7 Å². The van der Waals surface area contributed by atoms with Crippen molar-refractivity contribution in [2.75, 3.05) is 41.3 Å². The number of aromatic amines is 2. The van der Waals surface area contributed by atoms with Crippen LogP contribution in [0.2, 0.25) is 0 Å². The summed E-state index contributed by atoms with van der Waals surface area (Å²) >= 11 is 0. The zero-order valence-electron chi connectivity index (χ0n) is 25.1. The Labute approximate surface area is 238 Å². The molecule has 8 bridgehead atoms. The molecule has 0 aromatic carbocycles. The summed E-state index contributed by atoms with van der Waals surface area (Å²) < 4.78 is 0. The fourth-order valence-electron chi connectivity index (χ4n) is 5.19. The fourth-order valence-corrected chi connectivity index (χ4v) is 5.19. The molecule has 0 amide bonds. The molecule has 3 aromatic rings. The molecule has 5 rings (SSSR count). The Hall–Kier alpha value is -3.84. The molecule has 0 saturated carbocycles. The second-order valence-corrected chi connectivity index (χ2v) is 12.9. The molecule has 2 aliphatic heterocycles. The van der Waals surface area contributed by atoms with E-state index < -0.39 is 0 Å². The van der Waals surface area contributed by atoms with Gasteiger partial charge in [0.15, 0.2) is 0 Å². The van der Waals surface area contributed by atoms with Crippen LogP contribution in [0.25, 0.3) is 22.1 Å². The Bertz CT molecular complexity index is 1600. The van der Waals surface area contributed by atoms with Gasteiger partial charge >= 0.3 is 0 Å². The van der Waals surface area contributed by atoms with Crippen LogP contribution >= 0.6 is 0 Å². The van der Waals surface area contributed by atoms with Gasteiger partial charge in [0.25, 0.3) is 0 Å². The van der Waals surface area contributed by atoms with Crippen LogP contribution < -0.4 is 0 Å². The van der Waals surface area contributed by atoms with E-state index in [9.17, 15) is 0 Å². The van der Waals surface area contributed by atoms with Crippen LogP contribution in [0, 0.1) is 23.7 Å². The van der Waals surface area contributed by atoms with Crippen LogP contribution in [-0.2, 0) is 23.7 Å². The standard InChI is InChI=1S/C34H40N6/c1-33(2)21-27-17-29-24(12-10-14-40(7)8)16-26(36-29)20-32-34(3,4)22-28(38-32)18-30-23(11-9-13-39(5)6)15-25(35-30)19-31(33)37-27/h15-20,35-36H,13-14,21-22H2,1-8H3. The van der Waals surface area contributed by atoms with Crippen LogP contribution in [0.5, 0.6) is 0 Å². The third-order valence-corrected chi connectivity index (χ3v) is 7.34. The van der Waals surface area contributed by atoms with Crippen molar-refractivity contribution < 1.29 is 0 Å². The van der Waals surface area contributed by atoms with E-state index in [4.69, 9.17) is 9.97 Å². The van der Waals surface area contributed by atoms with E-state index in [1.165, 1.54) is 0 Å². The second kappa shape index (κ2) is 10.6. The highest BCUT2D eigenvalue weighted by molar-refractivity contribution is 5.73. The maximum absolute atomic E-state index is 5.10. The third-order valence-electron chi connectivity index (χ3n) is 7.34. The molecule has 40 heavy (non-hydrogen) atoms. The SMILES string of the molecule is CN(C)CC#Cc1cc2cc3nc(cc4[nH]c(cc5nc(cc1[nH]2)CC5(C)C)cc4C#CCN(C)C)CC3(C)C. The first kappa shape index (κ1) is 27.7. The van der Waals surface area contributed by atoms with Gasteiger partial charge in [0.2, 0.25) is 0 Å². The number of aromatic nitrogens is 4. The topological polar surface area (TPSA) is 63.8 Å². The Kier molecular flexibility index (Phi) is 7.36. The summed E-state index contributed by atoms with van der Waals surface area (Å²) in [5.41, 5.74) is 9.99. The lowest BCUT2D eigenvalue weighted by atomic mass is 9.87. The van der Waals surface area contributed by atoms with Crippen molar-refractivity contribution in [1.29, 1.82) is 0 Å². The summed E-state index contributed by atoms with van der Waals surface area (Å²) in [5.74, 6) is 13.4. The zero-order valence-corrected chi connectivity index (χ0v) is 25.1. The Morgan fingerprint density at radius 1 is 0.650 bits per heavy atom. The second-order valence-electron chi connectivity index (χ2n) is 12.9. The van der Waals surface area contributed by atoms with Crippen molar-refractivity contribution in [2.24, 2.45) is 0 Å². The van der Waals surface area contributed by atoms with Crippen molar-refractivity contribution in [3.05, 3.63) is 70.3 Å². The van der Waals surface area contributed by atoms with Crippen LogP contribution in [-0.4, -0.2) is 71.0 Å². The molecule has 0 unspecified atom stereocenters. The molecule has 5 heterocycles. The van der Waals surface area contributed by atoms with E-state index in [-0.39, 0.29) is 10.8 Å². The summed E-state index contributed by atoms with van der Waals surface area (Å²) in [5, 5.41) is 0. The smallest absolute Gasteiger partial charge is 0.0600 e. The summed E-state index contributed by atoms with van der Waals surface area (Å²) in [7, 11) is 8.13. The van der Waals surface area contributed by atoms with E-state index in [0.29, 0.717) is 13.1 Å². The quantitative estimate of drug-likeness (QED) is 0.447. The maximum Gasteiger partial charge on any atom is 0.0600 e. The van der Waals surface area contributed by atoms with Crippen LogP contribution in [0.1, 0.15) is 61.6 Å². The van der Waals surface area contributed by atoms with Gasteiger partial charge in [0.05, 0.1) is 35.2 Å². The number of H-pyrrole nitrogens is 2. The Balaban J connectivity index is 1.80. The highest BCUT2D eigenvalue weighted by Crippen LogP contribution is 2.33. The molecule has 0 fully saturated rings. The number of hydrogen-bond donors (Lipinski definition) is 2. The molecular weight excluding hydrogens is 492 g/mol. The minimum atomic E-state index is -0.0904. The highest BCUT2D eigenvalue weighted by atomic mass is 15.0. The van der Waals surface area contributed by atoms with Gasteiger partial charge in [-0.2, -0.15) is 0 Å². The van der Waals surface area contributed by atoms with E-state index >= 15 is 0 Å². The van der Waals surface area contributed by atoms with Crippen LogP contribution in [0.3, 0.4) is 0 Å². The minimum Gasteiger partial charge on any atom is -0.354 e. The average molecular weight is 533 g/mol. The number of nitrogens with zero attached hydrogens (tertiary/aromatic N) is 4. The Morgan fingerprint density at radius 3 is 1.43 bits per heavy atom. The fraction of sp³-hybridized carbons (Fsp3) is 0.412. The number of hydrogen-bond acceptors (Lipinski definition) is 4. The van der Waals surface area contributed by atoms with Gasteiger partial charge in [-0.25, -0.2) is 0 Å². The molecule has 2 aliphatic rings. The number of rotatable bonds is 2. The average Bonchev–Trinajstić information content (AvgIpc) is 3.54.